The van der Waals surface area contributed by atoms with Gasteiger partial charge in [0.1, 0.15) is 12.5 Å². The lowest BCUT2D eigenvalue weighted by molar-refractivity contribution is -0.753. The average Bonchev–Trinajstić information content (AvgIpc) is 2.47. The third kappa shape index (κ3) is 4.72. The molecule has 0 saturated heterocycles. The Kier molecular flexibility index (Phi) is 4.76. The van der Waals surface area contributed by atoms with Gasteiger partial charge in [0, 0.05) is 29.9 Å². The van der Waals surface area contributed by atoms with Crippen molar-refractivity contribution >= 4 is 10.1 Å². The second-order valence-electron chi connectivity index (χ2n) is 4.24. The second-order valence-corrected chi connectivity index (χ2v) is 5.76. The highest BCUT2D eigenvalue weighted by molar-refractivity contribution is 7.85. The van der Waals surface area contributed by atoms with Gasteiger partial charge in [0.2, 0.25) is 5.88 Å². The number of aromatic nitrogens is 4. The van der Waals surface area contributed by atoms with Crippen LogP contribution in [0.2, 0.25) is 0 Å². The van der Waals surface area contributed by atoms with Crippen LogP contribution in [0.25, 0.3) is 11.3 Å². The van der Waals surface area contributed by atoms with Crippen LogP contribution in [0.4, 0.5) is 0 Å². The first kappa shape index (κ1) is 15.3. The molecule has 0 radical (unpaired) electrons. The summed E-state index contributed by atoms with van der Waals surface area (Å²) < 4.78 is 38.1. The van der Waals surface area contributed by atoms with Gasteiger partial charge in [0.05, 0.1) is 22.9 Å². The highest BCUT2D eigenvalue weighted by atomic mass is 32.2. The lowest BCUT2D eigenvalue weighted by Gasteiger charge is -2.04. The quantitative estimate of drug-likeness (QED) is 0.535. The van der Waals surface area contributed by atoms with E-state index < -0.39 is 15.9 Å². The smallest absolute Gasteiger partial charge is 0.216 e. The Morgan fingerprint density at radius 2 is 2.19 bits per heavy atom. The molecule has 2 heterocycles. The Hall–Kier alpha value is -2.13. The zero-order valence-corrected chi connectivity index (χ0v) is 12.2. The average molecular weight is 310 g/mol. The molecule has 21 heavy (non-hydrogen) atoms. The summed E-state index contributed by atoms with van der Waals surface area (Å²) in [6, 6.07) is 3.48. The van der Waals surface area contributed by atoms with Crippen LogP contribution >= 0.6 is 0 Å². The van der Waals surface area contributed by atoms with Gasteiger partial charge in [-0.15, -0.1) is 0 Å². The Balaban J connectivity index is 2.04. The molecule has 0 fully saturated rings. The van der Waals surface area contributed by atoms with Gasteiger partial charge in [0.15, 0.2) is 12.7 Å². The SMILES string of the molecule is COc1cc(-c2cc[n+](CCCS(=O)(=O)[O-])nc2)ncn1. The zero-order valence-electron chi connectivity index (χ0n) is 11.3. The molecule has 0 amide bonds. The molecule has 0 aliphatic heterocycles. The molecular weight excluding hydrogens is 296 g/mol. The van der Waals surface area contributed by atoms with Gasteiger partial charge in [-0.25, -0.2) is 18.4 Å². The highest BCUT2D eigenvalue weighted by Crippen LogP contribution is 2.17. The molecular formula is C12H14N4O4S. The van der Waals surface area contributed by atoms with E-state index >= 15 is 0 Å². The van der Waals surface area contributed by atoms with Crippen LogP contribution in [0.5, 0.6) is 5.88 Å². The van der Waals surface area contributed by atoms with Crippen LogP contribution < -0.4 is 9.42 Å². The predicted octanol–water partition coefficient (Wildman–Crippen LogP) is -0.230. The normalized spacial score (nSPS) is 11.3. The molecule has 0 bridgehead atoms. The van der Waals surface area contributed by atoms with Crippen molar-refractivity contribution in [2.75, 3.05) is 12.9 Å². The fraction of sp³-hybridized carbons (Fsp3) is 0.333. The van der Waals surface area contributed by atoms with Crippen molar-refractivity contribution in [2.45, 2.75) is 13.0 Å². The largest absolute Gasteiger partial charge is 0.748 e. The van der Waals surface area contributed by atoms with E-state index in [1.54, 1.807) is 29.2 Å². The first-order valence-electron chi connectivity index (χ1n) is 6.14. The number of hydrogen-bond acceptors (Lipinski definition) is 7. The number of hydrogen-bond donors (Lipinski definition) is 0. The Morgan fingerprint density at radius 1 is 1.38 bits per heavy atom. The molecule has 0 spiro atoms. The topological polar surface area (TPSA) is 109 Å². The van der Waals surface area contributed by atoms with Gasteiger partial charge >= 0.3 is 0 Å². The summed E-state index contributed by atoms with van der Waals surface area (Å²) in [6.07, 6.45) is 4.92. The summed E-state index contributed by atoms with van der Waals surface area (Å²) >= 11 is 0. The van der Waals surface area contributed by atoms with Gasteiger partial charge in [-0.1, -0.05) is 4.68 Å². The first-order valence-corrected chi connectivity index (χ1v) is 7.71. The summed E-state index contributed by atoms with van der Waals surface area (Å²) in [5.74, 6) is 0.0596. The Morgan fingerprint density at radius 3 is 2.81 bits per heavy atom. The van der Waals surface area contributed by atoms with Crippen LogP contribution in [0, 0.1) is 0 Å². The molecule has 0 aromatic carbocycles. The van der Waals surface area contributed by atoms with Crippen LogP contribution in [0.3, 0.4) is 0 Å². The van der Waals surface area contributed by atoms with E-state index in [1.807, 2.05) is 0 Å². The number of methoxy groups -OCH3 is 1. The van der Waals surface area contributed by atoms with Crippen LogP contribution in [0.15, 0.2) is 30.9 Å². The predicted molar refractivity (Wildman–Crippen MR) is 71.2 cm³/mol. The zero-order chi connectivity index (χ0) is 15.3. The van der Waals surface area contributed by atoms with E-state index in [1.165, 1.54) is 13.4 Å². The third-order valence-corrected chi connectivity index (χ3v) is 3.49. The molecule has 2 rings (SSSR count). The van der Waals surface area contributed by atoms with Crippen LogP contribution in [0.1, 0.15) is 6.42 Å². The molecule has 9 heteroatoms. The first-order chi connectivity index (χ1) is 9.98. The maximum atomic E-state index is 10.5. The minimum absolute atomic E-state index is 0.226. The maximum absolute atomic E-state index is 10.5. The monoisotopic (exact) mass is 310 g/mol. The minimum atomic E-state index is -4.18. The Labute approximate surface area is 122 Å². The lowest BCUT2D eigenvalue weighted by Crippen LogP contribution is -2.38. The van der Waals surface area contributed by atoms with Crippen LogP contribution in [-0.2, 0) is 16.7 Å². The molecule has 0 unspecified atom stereocenters. The van der Waals surface area contributed by atoms with Gasteiger partial charge < -0.3 is 9.29 Å². The van der Waals surface area contributed by atoms with Crippen molar-refractivity contribution in [1.29, 1.82) is 0 Å². The van der Waals surface area contributed by atoms with E-state index in [9.17, 15) is 13.0 Å². The van der Waals surface area contributed by atoms with Gasteiger partial charge in [0.25, 0.3) is 0 Å². The molecule has 2 aromatic rings. The summed E-state index contributed by atoms with van der Waals surface area (Å²) in [7, 11) is -2.65. The minimum Gasteiger partial charge on any atom is -0.748 e. The lowest BCUT2D eigenvalue weighted by atomic mass is 10.2. The standard InChI is InChI=1S/C12H14N4O4S/c1-20-12-7-11(13-9-14-12)10-3-5-16(15-8-10)4-2-6-21(17,18)19/h3,5,7-9H,2,4,6H2,1H3. The summed E-state index contributed by atoms with van der Waals surface area (Å²) in [5.41, 5.74) is 1.45. The highest BCUT2D eigenvalue weighted by Gasteiger charge is 2.08. The summed E-state index contributed by atoms with van der Waals surface area (Å²) in [5, 5.41) is 4.15. The molecule has 8 nitrogen and oxygen atoms in total. The van der Waals surface area contributed by atoms with Gasteiger partial charge in [-0.3, -0.25) is 0 Å². The fourth-order valence-corrected chi connectivity index (χ4v) is 2.16. The van der Waals surface area contributed by atoms with Crippen molar-refractivity contribution in [1.82, 2.24) is 15.1 Å². The van der Waals surface area contributed by atoms with E-state index in [0.717, 1.165) is 5.56 Å². The van der Waals surface area contributed by atoms with E-state index in [4.69, 9.17) is 4.74 Å². The summed E-state index contributed by atoms with van der Waals surface area (Å²) in [4.78, 5) is 8.04. The number of nitrogens with zero attached hydrogens (tertiary/aromatic N) is 4. The van der Waals surface area contributed by atoms with Crippen molar-refractivity contribution in [2.24, 2.45) is 0 Å². The number of rotatable bonds is 6. The fourth-order valence-electron chi connectivity index (χ4n) is 1.68. The maximum Gasteiger partial charge on any atom is 0.216 e. The molecule has 2 aromatic heterocycles. The van der Waals surface area contributed by atoms with Gasteiger partial charge in [-0.05, 0) is 5.10 Å². The molecule has 0 aliphatic rings. The van der Waals surface area contributed by atoms with Crippen molar-refractivity contribution in [3.63, 3.8) is 0 Å². The van der Waals surface area contributed by atoms with Crippen molar-refractivity contribution in [3.8, 4) is 17.1 Å². The Bertz CT molecular complexity index is 703. The van der Waals surface area contributed by atoms with E-state index in [-0.39, 0.29) is 6.42 Å². The second kappa shape index (κ2) is 6.55. The van der Waals surface area contributed by atoms with Gasteiger partial charge in [-0.2, -0.15) is 0 Å². The van der Waals surface area contributed by atoms with E-state index in [0.29, 0.717) is 18.1 Å². The molecule has 0 N–H and O–H groups in total. The van der Waals surface area contributed by atoms with Crippen LogP contribution in [-0.4, -0.2) is 40.9 Å². The van der Waals surface area contributed by atoms with E-state index in [2.05, 4.69) is 15.1 Å². The van der Waals surface area contributed by atoms with Crippen molar-refractivity contribution in [3.05, 3.63) is 30.9 Å². The number of ether oxygens (including phenoxy) is 1. The number of aryl methyl sites for hydroxylation is 1. The third-order valence-electron chi connectivity index (χ3n) is 2.70. The molecule has 0 atom stereocenters. The molecule has 112 valence electrons. The molecule has 0 saturated carbocycles. The van der Waals surface area contributed by atoms with Crippen molar-refractivity contribution < 1.29 is 22.4 Å². The summed E-state index contributed by atoms with van der Waals surface area (Å²) in [6.45, 7) is 0.356. The molecule has 0 aliphatic carbocycles.